The summed E-state index contributed by atoms with van der Waals surface area (Å²) >= 11 is 1.45. The Labute approximate surface area is 180 Å². The van der Waals surface area contributed by atoms with Gasteiger partial charge < -0.3 is 19.0 Å². The van der Waals surface area contributed by atoms with E-state index in [9.17, 15) is 4.79 Å². The van der Waals surface area contributed by atoms with Crippen LogP contribution in [0.4, 0.5) is 5.69 Å². The Bertz CT molecular complexity index is 1010. The fourth-order valence-electron chi connectivity index (χ4n) is 3.58. The number of piperazine rings is 1. The van der Waals surface area contributed by atoms with Gasteiger partial charge in [0, 0.05) is 31.9 Å². The number of furan rings is 1. The van der Waals surface area contributed by atoms with Crippen molar-refractivity contribution < 1.29 is 13.9 Å². The van der Waals surface area contributed by atoms with Crippen LogP contribution < -0.4 is 9.64 Å². The molecule has 1 fully saturated rings. The van der Waals surface area contributed by atoms with E-state index in [-0.39, 0.29) is 5.91 Å². The van der Waals surface area contributed by atoms with Gasteiger partial charge in [0.1, 0.15) is 10.8 Å². The van der Waals surface area contributed by atoms with Crippen molar-refractivity contribution in [1.29, 1.82) is 0 Å². The molecule has 0 unspecified atom stereocenters. The molecule has 1 aromatic carbocycles. The van der Waals surface area contributed by atoms with E-state index in [0.717, 1.165) is 24.5 Å². The molecule has 2 aromatic heterocycles. The van der Waals surface area contributed by atoms with Gasteiger partial charge in [-0.2, -0.15) is 0 Å². The van der Waals surface area contributed by atoms with Crippen LogP contribution in [0.1, 0.15) is 16.1 Å². The number of amides is 1. The van der Waals surface area contributed by atoms with Crippen LogP contribution in [0.25, 0.3) is 11.6 Å². The van der Waals surface area contributed by atoms with Crippen molar-refractivity contribution in [2.24, 2.45) is 0 Å². The van der Waals surface area contributed by atoms with Gasteiger partial charge in [-0.15, -0.1) is 11.8 Å². The van der Waals surface area contributed by atoms with Crippen LogP contribution in [0.2, 0.25) is 0 Å². The largest absolute Gasteiger partial charge is 0.497 e. The molecule has 0 saturated carbocycles. The average molecular weight is 425 g/mol. The molecule has 0 aliphatic carbocycles. The van der Waals surface area contributed by atoms with E-state index in [1.165, 1.54) is 11.8 Å². The molecule has 3 aromatic rings. The van der Waals surface area contributed by atoms with Gasteiger partial charge in [0.2, 0.25) is 0 Å². The van der Waals surface area contributed by atoms with E-state index in [1.807, 2.05) is 48.4 Å². The maximum absolute atomic E-state index is 13.3. The maximum Gasteiger partial charge on any atom is 0.258 e. The van der Waals surface area contributed by atoms with Gasteiger partial charge in [-0.3, -0.25) is 4.79 Å². The van der Waals surface area contributed by atoms with Crippen LogP contribution in [0, 0.1) is 6.92 Å². The van der Waals surface area contributed by atoms with Gasteiger partial charge in [-0.1, -0.05) is 0 Å². The molecular weight excluding hydrogens is 400 g/mol. The predicted molar refractivity (Wildman–Crippen MR) is 117 cm³/mol. The Morgan fingerprint density at radius 3 is 2.43 bits per heavy atom. The van der Waals surface area contributed by atoms with E-state index in [1.54, 1.807) is 19.4 Å². The molecule has 156 valence electrons. The minimum Gasteiger partial charge on any atom is -0.497 e. The molecule has 3 heterocycles. The van der Waals surface area contributed by atoms with Gasteiger partial charge in [0.25, 0.3) is 5.91 Å². The highest BCUT2D eigenvalue weighted by molar-refractivity contribution is 7.98. The molecular formula is C22H24N4O3S. The monoisotopic (exact) mass is 424 g/mol. The van der Waals surface area contributed by atoms with Crippen molar-refractivity contribution in [2.75, 3.05) is 44.4 Å². The number of hydrogen-bond acceptors (Lipinski definition) is 7. The first-order valence-electron chi connectivity index (χ1n) is 9.75. The summed E-state index contributed by atoms with van der Waals surface area (Å²) in [6, 6.07) is 11.6. The zero-order valence-electron chi connectivity index (χ0n) is 17.3. The minimum atomic E-state index is -0.0165. The van der Waals surface area contributed by atoms with Crippen molar-refractivity contribution in [1.82, 2.24) is 14.9 Å². The average Bonchev–Trinajstić information content (AvgIpc) is 3.33. The summed E-state index contributed by atoms with van der Waals surface area (Å²) in [6.07, 6.45) is 3.51. The Kier molecular flexibility index (Phi) is 5.94. The van der Waals surface area contributed by atoms with Crippen molar-refractivity contribution in [3.8, 4) is 17.3 Å². The quantitative estimate of drug-likeness (QED) is 0.456. The van der Waals surface area contributed by atoms with Crippen LogP contribution >= 0.6 is 11.8 Å². The van der Waals surface area contributed by atoms with E-state index in [2.05, 4.69) is 14.9 Å². The van der Waals surface area contributed by atoms with Crippen LogP contribution in [0.15, 0.2) is 52.1 Å². The molecule has 1 amide bonds. The molecule has 30 heavy (non-hydrogen) atoms. The normalized spacial score (nSPS) is 14.1. The third-order valence-electron chi connectivity index (χ3n) is 5.21. The highest BCUT2D eigenvalue weighted by Crippen LogP contribution is 2.27. The number of nitrogens with zero attached hydrogens (tertiary/aromatic N) is 4. The lowest BCUT2D eigenvalue weighted by molar-refractivity contribution is 0.0741. The highest BCUT2D eigenvalue weighted by Gasteiger charge is 2.27. The van der Waals surface area contributed by atoms with Crippen molar-refractivity contribution in [2.45, 2.75) is 11.9 Å². The number of benzene rings is 1. The maximum atomic E-state index is 13.3. The third-order valence-corrected chi connectivity index (χ3v) is 5.89. The van der Waals surface area contributed by atoms with E-state index < -0.39 is 0 Å². The minimum absolute atomic E-state index is 0.0165. The number of thioether (sulfide) groups is 1. The zero-order valence-corrected chi connectivity index (χ0v) is 18.1. The lowest BCUT2D eigenvalue weighted by atomic mass is 10.1. The van der Waals surface area contributed by atoms with Gasteiger partial charge in [0.05, 0.1) is 24.6 Å². The Hall–Kier alpha value is -3.00. The number of aryl methyl sites for hydroxylation is 1. The van der Waals surface area contributed by atoms with Gasteiger partial charge in [-0.05, 0) is 49.6 Å². The van der Waals surface area contributed by atoms with E-state index in [4.69, 9.17) is 9.15 Å². The molecule has 0 atom stereocenters. The molecule has 0 spiro atoms. The summed E-state index contributed by atoms with van der Waals surface area (Å²) in [4.78, 5) is 26.6. The molecule has 4 rings (SSSR count). The molecule has 1 aliphatic rings. The fourth-order valence-corrected chi connectivity index (χ4v) is 4.19. The van der Waals surface area contributed by atoms with Crippen molar-refractivity contribution in [3.63, 3.8) is 0 Å². The second-order valence-electron chi connectivity index (χ2n) is 6.97. The van der Waals surface area contributed by atoms with E-state index >= 15 is 0 Å². The molecule has 0 N–H and O–H groups in total. The fraction of sp³-hybridized carbons (Fsp3) is 0.318. The summed E-state index contributed by atoms with van der Waals surface area (Å²) in [5, 5.41) is 0.677. The van der Waals surface area contributed by atoms with Crippen molar-refractivity contribution in [3.05, 3.63) is 53.9 Å². The van der Waals surface area contributed by atoms with E-state index in [0.29, 0.717) is 41.0 Å². The first-order valence-corrected chi connectivity index (χ1v) is 11.0. The summed E-state index contributed by atoms with van der Waals surface area (Å²) in [5.41, 5.74) is 2.38. The first kappa shape index (κ1) is 20.3. The Morgan fingerprint density at radius 1 is 1.10 bits per heavy atom. The number of hydrogen-bond donors (Lipinski definition) is 0. The first-order chi connectivity index (χ1) is 14.6. The van der Waals surface area contributed by atoms with Crippen LogP contribution in [0.3, 0.4) is 0 Å². The van der Waals surface area contributed by atoms with Crippen LogP contribution in [0.5, 0.6) is 5.75 Å². The molecule has 0 radical (unpaired) electrons. The number of aromatic nitrogens is 2. The van der Waals surface area contributed by atoms with Gasteiger partial charge >= 0.3 is 0 Å². The number of carbonyl (C=O) groups is 1. The zero-order chi connectivity index (χ0) is 21.1. The number of methoxy groups -OCH3 is 1. The Morgan fingerprint density at radius 2 is 1.83 bits per heavy atom. The smallest absolute Gasteiger partial charge is 0.258 e. The lowest BCUT2D eigenvalue weighted by Gasteiger charge is -2.36. The van der Waals surface area contributed by atoms with Crippen molar-refractivity contribution >= 4 is 23.4 Å². The predicted octanol–water partition coefficient (Wildman–Crippen LogP) is 3.74. The summed E-state index contributed by atoms with van der Waals surface area (Å²) in [6.45, 7) is 4.71. The standard InChI is InChI=1S/C22H24N4O3S/c1-15-19(21(30-3)24-20(23-15)18-5-4-14-29-18)22(27)26-12-10-25(11-13-26)16-6-8-17(28-2)9-7-16/h4-9,14H,10-13H2,1-3H3. The SMILES string of the molecule is COc1ccc(N2CCN(C(=O)c3c(C)nc(-c4ccco4)nc3SC)CC2)cc1. The topological polar surface area (TPSA) is 71.7 Å². The number of rotatable bonds is 5. The van der Waals surface area contributed by atoms with Crippen LogP contribution in [-0.2, 0) is 0 Å². The number of carbonyl (C=O) groups excluding carboxylic acids is 1. The van der Waals surface area contributed by atoms with Gasteiger partial charge in [0.15, 0.2) is 11.6 Å². The second-order valence-corrected chi connectivity index (χ2v) is 7.77. The number of ether oxygens (including phenoxy) is 1. The third kappa shape index (κ3) is 4.00. The summed E-state index contributed by atoms with van der Waals surface area (Å²) in [5.74, 6) is 1.92. The molecule has 1 saturated heterocycles. The molecule has 1 aliphatic heterocycles. The Balaban J connectivity index is 1.50. The summed E-state index contributed by atoms with van der Waals surface area (Å²) < 4.78 is 10.6. The lowest BCUT2D eigenvalue weighted by Crippen LogP contribution is -2.49. The second kappa shape index (κ2) is 8.79. The van der Waals surface area contributed by atoms with Gasteiger partial charge in [-0.25, -0.2) is 9.97 Å². The molecule has 7 nitrogen and oxygen atoms in total. The number of anilines is 1. The summed E-state index contributed by atoms with van der Waals surface area (Å²) in [7, 11) is 1.66. The molecule has 0 bridgehead atoms. The molecule has 8 heteroatoms. The van der Waals surface area contributed by atoms with Crippen LogP contribution in [-0.4, -0.2) is 60.3 Å². The highest BCUT2D eigenvalue weighted by atomic mass is 32.2.